The first kappa shape index (κ1) is 17.3. The van der Waals surface area contributed by atoms with Crippen LogP contribution in [0.15, 0.2) is 0 Å². The summed E-state index contributed by atoms with van der Waals surface area (Å²) >= 11 is 0. The second-order valence-electron chi connectivity index (χ2n) is 7.33. The lowest BCUT2D eigenvalue weighted by Crippen LogP contribution is -2.52. The minimum Gasteiger partial charge on any atom is -0.314 e. The van der Waals surface area contributed by atoms with Crippen molar-refractivity contribution in [1.29, 1.82) is 0 Å². The minimum atomic E-state index is 0.873. The fourth-order valence-corrected chi connectivity index (χ4v) is 3.79. The van der Waals surface area contributed by atoms with Crippen molar-refractivity contribution in [3.05, 3.63) is 0 Å². The average molecular weight is 295 g/mol. The van der Waals surface area contributed by atoms with Crippen LogP contribution >= 0.6 is 0 Å². The molecule has 1 unspecified atom stereocenters. The summed E-state index contributed by atoms with van der Waals surface area (Å²) in [6.45, 7) is 7.41. The maximum atomic E-state index is 3.58. The number of hydrogen-bond donors (Lipinski definition) is 1. The van der Waals surface area contributed by atoms with Crippen LogP contribution in [0.5, 0.6) is 0 Å². The highest BCUT2D eigenvalue weighted by Gasteiger charge is 2.35. The van der Waals surface area contributed by atoms with Gasteiger partial charge in [0, 0.05) is 25.7 Å². The predicted octanol–water partition coefficient (Wildman–Crippen LogP) is 4.59. The molecule has 2 heteroatoms. The van der Waals surface area contributed by atoms with Crippen molar-refractivity contribution in [1.82, 2.24) is 10.2 Å². The molecule has 2 nitrogen and oxygen atoms in total. The summed E-state index contributed by atoms with van der Waals surface area (Å²) in [6.07, 6.45) is 17.5. The van der Waals surface area contributed by atoms with Crippen LogP contribution < -0.4 is 5.32 Å². The highest BCUT2D eigenvalue weighted by Crippen LogP contribution is 2.35. The van der Waals surface area contributed by atoms with E-state index in [1.165, 1.54) is 103 Å². The summed E-state index contributed by atoms with van der Waals surface area (Å²) in [4.78, 5) is 2.79. The van der Waals surface area contributed by atoms with Crippen LogP contribution in [0.25, 0.3) is 0 Å². The van der Waals surface area contributed by atoms with E-state index in [0.717, 1.165) is 12.0 Å². The van der Waals surface area contributed by atoms with Crippen LogP contribution in [0.1, 0.15) is 84.0 Å². The fraction of sp³-hybridized carbons (Fsp3) is 1.00. The van der Waals surface area contributed by atoms with Crippen molar-refractivity contribution >= 4 is 0 Å². The Morgan fingerprint density at radius 1 is 0.857 bits per heavy atom. The molecule has 1 aliphatic carbocycles. The highest BCUT2D eigenvalue weighted by molar-refractivity contribution is 4.92. The van der Waals surface area contributed by atoms with Crippen LogP contribution in [-0.4, -0.2) is 37.1 Å². The molecule has 1 saturated carbocycles. The Bertz CT molecular complexity index is 250. The quantitative estimate of drug-likeness (QED) is 0.530. The third kappa shape index (κ3) is 7.15. The van der Waals surface area contributed by atoms with Crippen LogP contribution in [0.2, 0.25) is 0 Å². The SMILES string of the molecule is CCCCCCCCCCCCN1CCNCC1C1CC1. The van der Waals surface area contributed by atoms with Gasteiger partial charge in [0.1, 0.15) is 0 Å². The number of unbranched alkanes of at least 4 members (excludes halogenated alkanes) is 9. The van der Waals surface area contributed by atoms with Crippen molar-refractivity contribution in [3.63, 3.8) is 0 Å². The van der Waals surface area contributed by atoms with Crippen molar-refractivity contribution in [2.75, 3.05) is 26.2 Å². The van der Waals surface area contributed by atoms with E-state index in [1.807, 2.05) is 0 Å². The molecule has 124 valence electrons. The summed E-state index contributed by atoms with van der Waals surface area (Å²) in [5, 5.41) is 3.58. The minimum absolute atomic E-state index is 0.873. The smallest absolute Gasteiger partial charge is 0.0249 e. The fourth-order valence-electron chi connectivity index (χ4n) is 3.79. The molecule has 2 aliphatic rings. The van der Waals surface area contributed by atoms with Gasteiger partial charge in [-0.2, -0.15) is 0 Å². The van der Waals surface area contributed by atoms with E-state index in [-0.39, 0.29) is 0 Å². The van der Waals surface area contributed by atoms with Crippen molar-refractivity contribution < 1.29 is 0 Å². The number of rotatable bonds is 12. The van der Waals surface area contributed by atoms with E-state index in [2.05, 4.69) is 17.1 Å². The van der Waals surface area contributed by atoms with Gasteiger partial charge < -0.3 is 5.32 Å². The standard InChI is InChI=1S/C19H38N2/c1-2-3-4-5-6-7-8-9-10-11-15-21-16-14-20-17-19(21)18-12-13-18/h18-20H,2-17H2,1H3. The zero-order valence-electron chi connectivity index (χ0n) is 14.4. The Balaban J connectivity index is 1.40. The molecule has 0 aromatic carbocycles. The van der Waals surface area contributed by atoms with Gasteiger partial charge in [-0.05, 0) is 31.7 Å². The van der Waals surface area contributed by atoms with Crippen molar-refractivity contribution in [3.8, 4) is 0 Å². The van der Waals surface area contributed by atoms with E-state index in [1.54, 1.807) is 0 Å². The van der Waals surface area contributed by atoms with E-state index >= 15 is 0 Å². The second kappa shape index (κ2) is 10.6. The summed E-state index contributed by atoms with van der Waals surface area (Å²) in [5.74, 6) is 1.03. The Hall–Kier alpha value is -0.0800. The van der Waals surface area contributed by atoms with Gasteiger partial charge >= 0.3 is 0 Å². The van der Waals surface area contributed by atoms with Gasteiger partial charge in [-0.3, -0.25) is 4.90 Å². The monoisotopic (exact) mass is 294 g/mol. The van der Waals surface area contributed by atoms with Gasteiger partial charge in [-0.25, -0.2) is 0 Å². The van der Waals surface area contributed by atoms with Gasteiger partial charge in [0.25, 0.3) is 0 Å². The van der Waals surface area contributed by atoms with E-state index in [9.17, 15) is 0 Å². The first-order valence-corrected chi connectivity index (χ1v) is 9.86. The molecule has 21 heavy (non-hydrogen) atoms. The Morgan fingerprint density at radius 3 is 2.10 bits per heavy atom. The molecule has 0 bridgehead atoms. The summed E-state index contributed by atoms with van der Waals surface area (Å²) in [6, 6.07) is 0.873. The highest BCUT2D eigenvalue weighted by atomic mass is 15.2. The summed E-state index contributed by atoms with van der Waals surface area (Å²) in [5.41, 5.74) is 0. The molecule has 2 fully saturated rings. The van der Waals surface area contributed by atoms with E-state index in [0.29, 0.717) is 0 Å². The third-order valence-corrected chi connectivity index (χ3v) is 5.36. The summed E-state index contributed by atoms with van der Waals surface area (Å²) in [7, 11) is 0. The molecule has 0 radical (unpaired) electrons. The van der Waals surface area contributed by atoms with Gasteiger partial charge in [-0.1, -0.05) is 64.7 Å². The lowest BCUT2D eigenvalue weighted by molar-refractivity contribution is 0.141. The zero-order chi connectivity index (χ0) is 14.8. The largest absolute Gasteiger partial charge is 0.314 e. The first-order chi connectivity index (χ1) is 10.4. The molecule has 1 atom stereocenters. The predicted molar refractivity (Wildman–Crippen MR) is 92.8 cm³/mol. The molecular formula is C19H38N2. The van der Waals surface area contributed by atoms with Crippen molar-refractivity contribution in [2.24, 2.45) is 5.92 Å². The van der Waals surface area contributed by atoms with Crippen LogP contribution in [-0.2, 0) is 0 Å². The third-order valence-electron chi connectivity index (χ3n) is 5.36. The Morgan fingerprint density at radius 2 is 1.48 bits per heavy atom. The normalized spacial score (nSPS) is 23.6. The molecule has 1 heterocycles. The first-order valence-electron chi connectivity index (χ1n) is 9.86. The number of nitrogens with zero attached hydrogens (tertiary/aromatic N) is 1. The topological polar surface area (TPSA) is 15.3 Å². The molecular weight excluding hydrogens is 256 g/mol. The van der Waals surface area contributed by atoms with Crippen LogP contribution in [0.4, 0.5) is 0 Å². The van der Waals surface area contributed by atoms with Gasteiger partial charge in [-0.15, -0.1) is 0 Å². The van der Waals surface area contributed by atoms with E-state index in [4.69, 9.17) is 0 Å². The molecule has 0 aromatic rings. The van der Waals surface area contributed by atoms with Crippen LogP contribution in [0.3, 0.4) is 0 Å². The Labute approximate surface area is 133 Å². The van der Waals surface area contributed by atoms with Crippen LogP contribution in [0, 0.1) is 5.92 Å². The van der Waals surface area contributed by atoms with Gasteiger partial charge in [0.05, 0.1) is 0 Å². The van der Waals surface area contributed by atoms with Crippen molar-refractivity contribution in [2.45, 2.75) is 90.0 Å². The van der Waals surface area contributed by atoms with Gasteiger partial charge in [0.2, 0.25) is 0 Å². The van der Waals surface area contributed by atoms with Gasteiger partial charge in [0.15, 0.2) is 0 Å². The summed E-state index contributed by atoms with van der Waals surface area (Å²) < 4.78 is 0. The molecule has 0 amide bonds. The maximum Gasteiger partial charge on any atom is 0.0249 e. The average Bonchev–Trinajstić information content (AvgIpc) is 3.34. The second-order valence-corrected chi connectivity index (χ2v) is 7.33. The molecule has 2 rings (SSSR count). The maximum absolute atomic E-state index is 3.58. The lowest BCUT2D eigenvalue weighted by atomic mass is 10.1. The molecule has 0 spiro atoms. The molecule has 1 aliphatic heterocycles. The number of hydrogen-bond acceptors (Lipinski definition) is 2. The number of nitrogens with one attached hydrogen (secondary N) is 1. The van der Waals surface area contributed by atoms with E-state index < -0.39 is 0 Å². The zero-order valence-corrected chi connectivity index (χ0v) is 14.4. The molecule has 1 N–H and O–H groups in total. The number of piperazine rings is 1. The molecule has 0 aromatic heterocycles. The molecule has 1 saturated heterocycles. The lowest BCUT2D eigenvalue weighted by Gasteiger charge is -2.36. The Kier molecular flexibility index (Phi) is 8.73.